The number of benzene rings is 3. The van der Waals surface area contributed by atoms with Gasteiger partial charge in [0.15, 0.2) is 0 Å². The Morgan fingerprint density at radius 2 is 1.66 bits per heavy atom. The summed E-state index contributed by atoms with van der Waals surface area (Å²) < 4.78 is 11.4. The molecule has 8 nitrogen and oxygen atoms in total. The molecule has 1 saturated heterocycles. The molecule has 180 valence electrons. The van der Waals surface area contributed by atoms with Crippen LogP contribution in [-0.4, -0.2) is 37.0 Å². The van der Waals surface area contributed by atoms with Crippen molar-refractivity contribution in [2.45, 2.75) is 26.3 Å². The van der Waals surface area contributed by atoms with Crippen LogP contribution < -0.4 is 25.2 Å². The van der Waals surface area contributed by atoms with Crippen molar-refractivity contribution in [2.24, 2.45) is 0 Å². The Morgan fingerprint density at radius 1 is 0.943 bits per heavy atom. The number of hydrogen-bond acceptors (Lipinski definition) is 6. The van der Waals surface area contributed by atoms with Crippen molar-refractivity contribution in [1.29, 1.82) is 0 Å². The van der Waals surface area contributed by atoms with Crippen LogP contribution in [0.3, 0.4) is 0 Å². The number of carbonyl (C=O) groups excluding carboxylic acids is 3. The van der Waals surface area contributed by atoms with Gasteiger partial charge >= 0.3 is 0 Å². The highest BCUT2D eigenvalue weighted by Gasteiger charge is 2.40. The number of hydrazine groups is 1. The molecule has 0 spiro atoms. The molecule has 3 aromatic carbocycles. The highest BCUT2D eigenvalue weighted by molar-refractivity contribution is 6.22. The lowest BCUT2D eigenvalue weighted by molar-refractivity contribution is -0.121. The van der Waals surface area contributed by atoms with Gasteiger partial charge in [-0.2, -0.15) is 0 Å². The van der Waals surface area contributed by atoms with E-state index in [4.69, 9.17) is 9.47 Å². The molecule has 0 radical (unpaired) electrons. The molecule has 0 aromatic heterocycles. The molecule has 1 fully saturated rings. The summed E-state index contributed by atoms with van der Waals surface area (Å²) in [4.78, 5) is 39.5. The summed E-state index contributed by atoms with van der Waals surface area (Å²) in [6.45, 7) is 4.30. The van der Waals surface area contributed by atoms with Gasteiger partial charge in [-0.3, -0.25) is 19.8 Å². The first-order chi connectivity index (χ1) is 16.9. The first-order valence-electron chi connectivity index (χ1n) is 11.3. The maximum Gasteiger partial charge on any atom is 0.269 e. The average molecular weight is 474 g/mol. The molecule has 0 saturated carbocycles. The summed E-state index contributed by atoms with van der Waals surface area (Å²) in [5, 5.41) is 0. The average Bonchev–Trinajstić information content (AvgIpc) is 3.15. The topological polar surface area (TPSA) is 97.0 Å². The van der Waals surface area contributed by atoms with E-state index in [1.54, 1.807) is 30.3 Å². The molecule has 2 N–H and O–H groups in total. The van der Waals surface area contributed by atoms with Gasteiger partial charge in [0, 0.05) is 0 Å². The largest absolute Gasteiger partial charge is 0.490 e. The Bertz CT molecular complexity index is 1230. The molecule has 8 heteroatoms. The Morgan fingerprint density at radius 3 is 2.46 bits per heavy atom. The number of nitrogens with zero attached hydrogens (tertiary/aromatic N) is 1. The first-order valence-corrected chi connectivity index (χ1v) is 11.3. The first kappa shape index (κ1) is 24.0. The van der Waals surface area contributed by atoms with Crippen molar-refractivity contribution in [3.63, 3.8) is 0 Å². The Kier molecular flexibility index (Phi) is 7.42. The monoisotopic (exact) mass is 473 g/mol. The number of aryl methyl sites for hydroxylation is 2. The number of rotatable bonds is 9. The van der Waals surface area contributed by atoms with Gasteiger partial charge in [-0.25, -0.2) is 10.3 Å². The van der Waals surface area contributed by atoms with Crippen LogP contribution in [0, 0.1) is 13.8 Å². The van der Waals surface area contributed by atoms with Crippen molar-refractivity contribution in [1.82, 2.24) is 10.9 Å². The minimum atomic E-state index is -0.862. The van der Waals surface area contributed by atoms with Crippen LogP contribution in [0.5, 0.6) is 11.5 Å². The van der Waals surface area contributed by atoms with Crippen LogP contribution >= 0.6 is 0 Å². The highest BCUT2D eigenvalue weighted by Crippen LogP contribution is 2.27. The molecule has 3 aromatic rings. The fraction of sp³-hybridized carbons (Fsp3) is 0.222. The molecule has 0 aliphatic carbocycles. The van der Waals surface area contributed by atoms with E-state index in [2.05, 4.69) is 10.9 Å². The molecule has 1 aliphatic heterocycles. The fourth-order valence-corrected chi connectivity index (χ4v) is 3.79. The molecule has 1 aliphatic rings. The van der Waals surface area contributed by atoms with Gasteiger partial charge < -0.3 is 9.47 Å². The maximum atomic E-state index is 12.9. The van der Waals surface area contributed by atoms with Crippen molar-refractivity contribution in [3.8, 4) is 11.5 Å². The fourth-order valence-electron chi connectivity index (χ4n) is 3.79. The Hall–Kier alpha value is -4.17. The van der Waals surface area contributed by atoms with E-state index in [0.29, 0.717) is 23.6 Å². The second-order valence-electron chi connectivity index (χ2n) is 8.22. The molecule has 3 amide bonds. The number of imide groups is 1. The molecule has 35 heavy (non-hydrogen) atoms. The zero-order valence-corrected chi connectivity index (χ0v) is 19.6. The smallest absolute Gasteiger partial charge is 0.269 e. The van der Waals surface area contributed by atoms with E-state index in [-0.39, 0.29) is 18.9 Å². The van der Waals surface area contributed by atoms with E-state index in [9.17, 15) is 14.4 Å². The van der Waals surface area contributed by atoms with Crippen LogP contribution in [0.1, 0.15) is 27.9 Å². The summed E-state index contributed by atoms with van der Waals surface area (Å²) in [6.07, 6.45) is -0.0541. The Balaban J connectivity index is 1.34. The zero-order chi connectivity index (χ0) is 24.8. The minimum Gasteiger partial charge on any atom is -0.490 e. The second kappa shape index (κ2) is 10.8. The molecular weight excluding hydrogens is 446 g/mol. The quantitative estimate of drug-likeness (QED) is 0.281. The lowest BCUT2D eigenvalue weighted by Gasteiger charge is -2.19. The van der Waals surface area contributed by atoms with Crippen LogP contribution in [0.25, 0.3) is 0 Å². The summed E-state index contributed by atoms with van der Waals surface area (Å²) in [6, 6.07) is 20.9. The molecular formula is C27H27N3O5. The number of hydrogen-bond donors (Lipinski definition) is 2. The summed E-state index contributed by atoms with van der Waals surface area (Å²) in [5.74, 6) is -0.0921. The summed E-state index contributed by atoms with van der Waals surface area (Å²) >= 11 is 0. The number of amides is 3. The molecule has 0 bridgehead atoms. The van der Waals surface area contributed by atoms with E-state index in [1.807, 2.05) is 56.3 Å². The molecule has 4 rings (SSSR count). The van der Waals surface area contributed by atoms with E-state index in [0.717, 1.165) is 16.9 Å². The lowest BCUT2D eigenvalue weighted by atomic mass is 10.1. The molecule has 1 heterocycles. The number of nitrogens with one attached hydrogen (secondary N) is 2. The van der Waals surface area contributed by atoms with Crippen molar-refractivity contribution < 1.29 is 23.9 Å². The van der Waals surface area contributed by atoms with Crippen LogP contribution in [0.4, 0.5) is 5.69 Å². The van der Waals surface area contributed by atoms with Gasteiger partial charge in [-0.15, -0.1) is 0 Å². The van der Waals surface area contributed by atoms with Crippen LogP contribution in [-0.2, 0) is 9.59 Å². The third-order valence-electron chi connectivity index (χ3n) is 5.60. The third kappa shape index (κ3) is 5.67. The molecule has 0 unspecified atom stereocenters. The third-order valence-corrected chi connectivity index (χ3v) is 5.60. The number of anilines is 1. The second-order valence-corrected chi connectivity index (χ2v) is 8.22. The maximum absolute atomic E-state index is 12.9. The SMILES string of the molecule is Cc1ccc(C)c(N2C(=O)C[C@@H](NNC(=O)c3ccccc3OCCOc3ccccc3)C2=O)c1. The highest BCUT2D eigenvalue weighted by atomic mass is 16.5. The van der Waals surface area contributed by atoms with Crippen molar-refractivity contribution >= 4 is 23.4 Å². The predicted molar refractivity (Wildman–Crippen MR) is 131 cm³/mol. The molecule has 1 atom stereocenters. The van der Waals surface area contributed by atoms with Gasteiger partial charge in [0.2, 0.25) is 5.91 Å². The number of ether oxygens (including phenoxy) is 2. The van der Waals surface area contributed by atoms with Gasteiger partial charge in [-0.05, 0) is 55.3 Å². The van der Waals surface area contributed by atoms with Crippen LogP contribution in [0.15, 0.2) is 72.8 Å². The minimum absolute atomic E-state index is 0.0541. The van der Waals surface area contributed by atoms with E-state index < -0.39 is 17.9 Å². The van der Waals surface area contributed by atoms with E-state index in [1.165, 1.54) is 4.90 Å². The van der Waals surface area contributed by atoms with Crippen molar-refractivity contribution in [3.05, 3.63) is 89.5 Å². The van der Waals surface area contributed by atoms with Gasteiger partial charge in [0.25, 0.3) is 11.8 Å². The zero-order valence-electron chi connectivity index (χ0n) is 19.6. The van der Waals surface area contributed by atoms with E-state index >= 15 is 0 Å². The number of para-hydroxylation sites is 2. The number of carbonyl (C=O) groups is 3. The van der Waals surface area contributed by atoms with Gasteiger partial charge in [-0.1, -0.05) is 42.5 Å². The summed E-state index contributed by atoms with van der Waals surface area (Å²) in [7, 11) is 0. The van der Waals surface area contributed by atoms with Crippen molar-refractivity contribution in [2.75, 3.05) is 18.1 Å². The van der Waals surface area contributed by atoms with Gasteiger partial charge in [0.1, 0.15) is 30.8 Å². The Labute approximate surface area is 203 Å². The summed E-state index contributed by atoms with van der Waals surface area (Å²) in [5.41, 5.74) is 7.89. The van der Waals surface area contributed by atoms with Gasteiger partial charge in [0.05, 0.1) is 17.7 Å². The van der Waals surface area contributed by atoms with Crippen LogP contribution in [0.2, 0.25) is 0 Å². The normalized spacial score (nSPS) is 15.3. The standard InChI is InChI=1S/C27H27N3O5/c1-18-12-13-19(2)23(16-18)30-25(31)17-22(27(30)33)28-29-26(32)21-10-6-7-11-24(21)35-15-14-34-20-8-4-3-5-9-20/h3-13,16,22,28H,14-15,17H2,1-2H3,(H,29,32)/t22-/m1/s1. The predicted octanol–water partition coefficient (Wildman–Crippen LogP) is 3.33. The lowest BCUT2D eigenvalue weighted by Crippen LogP contribution is -2.48.